The molecule has 0 amide bonds. The van der Waals surface area contributed by atoms with Crippen LogP contribution in [0.2, 0.25) is 0 Å². The molecule has 0 unspecified atom stereocenters. The summed E-state index contributed by atoms with van der Waals surface area (Å²) in [6.07, 6.45) is 2.23. The highest BCUT2D eigenvalue weighted by atomic mass is 16.4. The van der Waals surface area contributed by atoms with Gasteiger partial charge < -0.3 is 14.6 Å². The van der Waals surface area contributed by atoms with E-state index in [-0.39, 0.29) is 0 Å². The molecular formula is C12H24N4O. The van der Waals surface area contributed by atoms with Crippen molar-refractivity contribution < 1.29 is 4.42 Å². The Bertz CT molecular complexity index is 311. The van der Waals surface area contributed by atoms with Crippen molar-refractivity contribution in [2.45, 2.75) is 40.2 Å². The van der Waals surface area contributed by atoms with Crippen LogP contribution in [0, 0.1) is 5.92 Å². The molecule has 0 aromatic carbocycles. The third-order valence-electron chi connectivity index (χ3n) is 2.53. The average molecular weight is 240 g/mol. The summed E-state index contributed by atoms with van der Waals surface area (Å²) < 4.78 is 5.57. The Kier molecular flexibility index (Phi) is 5.97. The highest BCUT2D eigenvalue weighted by Gasteiger charge is 2.10. The molecule has 1 N–H and O–H groups in total. The fraction of sp³-hybridized carbons (Fsp3) is 0.833. The van der Waals surface area contributed by atoms with Crippen LogP contribution in [0.5, 0.6) is 0 Å². The van der Waals surface area contributed by atoms with E-state index in [1.165, 1.54) is 0 Å². The maximum absolute atomic E-state index is 5.57. The summed E-state index contributed by atoms with van der Waals surface area (Å²) in [6.45, 7) is 9.12. The molecule has 1 rings (SSSR count). The highest BCUT2D eigenvalue weighted by Crippen LogP contribution is 2.12. The molecule has 0 aliphatic heterocycles. The van der Waals surface area contributed by atoms with Gasteiger partial charge in [-0.3, -0.25) is 0 Å². The molecule has 0 fully saturated rings. The maximum atomic E-state index is 5.57. The quantitative estimate of drug-likeness (QED) is 0.705. The molecule has 0 spiro atoms. The standard InChI is InChI=1S/C12H24N4O/c1-5-7-13-9-11-14-15-12(17-11)16(4)8-6-10(2)3/h10,13H,5-9H2,1-4H3. The van der Waals surface area contributed by atoms with E-state index in [4.69, 9.17) is 4.42 Å². The van der Waals surface area contributed by atoms with Crippen LogP contribution in [-0.4, -0.2) is 30.3 Å². The van der Waals surface area contributed by atoms with Crippen molar-refractivity contribution >= 4 is 6.01 Å². The first-order valence-electron chi connectivity index (χ1n) is 6.37. The lowest BCUT2D eigenvalue weighted by Crippen LogP contribution is -2.20. The van der Waals surface area contributed by atoms with E-state index in [0.717, 1.165) is 25.9 Å². The Labute approximate surface area is 104 Å². The normalized spacial score (nSPS) is 11.1. The van der Waals surface area contributed by atoms with Crippen LogP contribution in [0.25, 0.3) is 0 Å². The number of anilines is 1. The lowest BCUT2D eigenvalue weighted by atomic mass is 10.1. The molecule has 1 aromatic heterocycles. The summed E-state index contributed by atoms with van der Waals surface area (Å²) in [5, 5.41) is 11.3. The van der Waals surface area contributed by atoms with E-state index in [1.54, 1.807) is 0 Å². The molecule has 0 aliphatic rings. The zero-order valence-electron chi connectivity index (χ0n) is 11.4. The fourth-order valence-electron chi connectivity index (χ4n) is 1.39. The van der Waals surface area contributed by atoms with Crippen molar-refractivity contribution in [3.63, 3.8) is 0 Å². The Hall–Kier alpha value is -1.10. The van der Waals surface area contributed by atoms with Gasteiger partial charge in [0, 0.05) is 13.6 Å². The molecule has 0 bridgehead atoms. The van der Waals surface area contributed by atoms with Crippen LogP contribution in [0.15, 0.2) is 4.42 Å². The molecule has 98 valence electrons. The molecule has 17 heavy (non-hydrogen) atoms. The molecule has 0 saturated carbocycles. The van der Waals surface area contributed by atoms with Crippen molar-refractivity contribution in [1.29, 1.82) is 0 Å². The van der Waals surface area contributed by atoms with Gasteiger partial charge in [0.1, 0.15) is 0 Å². The molecule has 0 aliphatic carbocycles. The zero-order valence-corrected chi connectivity index (χ0v) is 11.4. The van der Waals surface area contributed by atoms with Crippen LogP contribution in [0.1, 0.15) is 39.5 Å². The summed E-state index contributed by atoms with van der Waals surface area (Å²) >= 11 is 0. The van der Waals surface area contributed by atoms with Gasteiger partial charge in [0.05, 0.1) is 6.54 Å². The second-order valence-electron chi connectivity index (χ2n) is 4.76. The van der Waals surface area contributed by atoms with Gasteiger partial charge in [-0.1, -0.05) is 25.9 Å². The smallest absolute Gasteiger partial charge is 0.317 e. The largest absolute Gasteiger partial charge is 0.407 e. The van der Waals surface area contributed by atoms with Crippen LogP contribution in [0.4, 0.5) is 6.01 Å². The third-order valence-corrected chi connectivity index (χ3v) is 2.53. The predicted molar refractivity (Wildman–Crippen MR) is 69.0 cm³/mol. The SMILES string of the molecule is CCCNCc1nnc(N(C)CCC(C)C)o1. The second kappa shape index (κ2) is 7.27. The number of nitrogens with zero attached hydrogens (tertiary/aromatic N) is 3. The molecule has 0 saturated heterocycles. The minimum absolute atomic E-state index is 0.610. The van der Waals surface area contributed by atoms with E-state index >= 15 is 0 Å². The maximum Gasteiger partial charge on any atom is 0.317 e. The zero-order chi connectivity index (χ0) is 12.7. The number of rotatable bonds is 8. The van der Waals surface area contributed by atoms with E-state index in [1.807, 2.05) is 11.9 Å². The van der Waals surface area contributed by atoms with Crippen molar-refractivity contribution in [3.8, 4) is 0 Å². The van der Waals surface area contributed by atoms with Crippen LogP contribution < -0.4 is 10.2 Å². The lowest BCUT2D eigenvalue weighted by Gasteiger charge is -2.14. The number of aromatic nitrogens is 2. The van der Waals surface area contributed by atoms with Crippen molar-refractivity contribution in [1.82, 2.24) is 15.5 Å². The van der Waals surface area contributed by atoms with Crippen molar-refractivity contribution in [2.75, 3.05) is 25.0 Å². The van der Waals surface area contributed by atoms with Gasteiger partial charge in [-0.25, -0.2) is 0 Å². The molecular weight excluding hydrogens is 216 g/mol. The van der Waals surface area contributed by atoms with Gasteiger partial charge in [-0.15, -0.1) is 5.10 Å². The Balaban J connectivity index is 2.38. The van der Waals surface area contributed by atoms with Gasteiger partial charge in [0.15, 0.2) is 0 Å². The molecule has 0 atom stereocenters. The van der Waals surface area contributed by atoms with Crippen molar-refractivity contribution in [3.05, 3.63) is 5.89 Å². The molecule has 5 heteroatoms. The third kappa shape index (κ3) is 5.17. The van der Waals surface area contributed by atoms with E-state index < -0.39 is 0 Å². The minimum atomic E-state index is 0.610. The second-order valence-corrected chi connectivity index (χ2v) is 4.76. The molecule has 5 nitrogen and oxygen atoms in total. The van der Waals surface area contributed by atoms with Crippen LogP contribution in [-0.2, 0) is 6.54 Å². The molecule has 1 aromatic rings. The van der Waals surface area contributed by atoms with Gasteiger partial charge in [0.25, 0.3) is 0 Å². The van der Waals surface area contributed by atoms with Crippen LogP contribution >= 0.6 is 0 Å². The van der Waals surface area contributed by atoms with Crippen LogP contribution in [0.3, 0.4) is 0 Å². The van der Waals surface area contributed by atoms with E-state index in [9.17, 15) is 0 Å². The minimum Gasteiger partial charge on any atom is -0.407 e. The highest BCUT2D eigenvalue weighted by molar-refractivity contribution is 5.21. The van der Waals surface area contributed by atoms with Gasteiger partial charge in [-0.2, -0.15) is 0 Å². The van der Waals surface area contributed by atoms with E-state index in [0.29, 0.717) is 24.4 Å². The van der Waals surface area contributed by atoms with E-state index in [2.05, 4.69) is 36.3 Å². The molecule has 1 heterocycles. The first-order chi connectivity index (χ1) is 8.13. The average Bonchev–Trinajstić information content (AvgIpc) is 2.75. The number of hydrogen-bond donors (Lipinski definition) is 1. The Morgan fingerprint density at radius 2 is 2.12 bits per heavy atom. The number of hydrogen-bond acceptors (Lipinski definition) is 5. The van der Waals surface area contributed by atoms with Gasteiger partial charge in [0.2, 0.25) is 5.89 Å². The first kappa shape index (κ1) is 14.0. The van der Waals surface area contributed by atoms with Gasteiger partial charge >= 0.3 is 6.01 Å². The summed E-state index contributed by atoms with van der Waals surface area (Å²) in [5.74, 6) is 1.34. The summed E-state index contributed by atoms with van der Waals surface area (Å²) in [6, 6.07) is 0.610. The summed E-state index contributed by atoms with van der Waals surface area (Å²) in [5.41, 5.74) is 0. The summed E-state index contributed by atoms with van der Waals surface area (Å²) in [4.78, 5) is 2.01. The summed E-state index contributed by atoms with van der Waals surface area (Å²) in [7, 11) is 1.99. The Morgan fingerprint density at radius 1 is 1.35 bits per heavy atom. The van der Waals surface area contributed by atoms with Crippen molar-refractivity contribution in [2.24, 2.45) is 5.92 Å². The monoisotopic (exact) mass is 240 g/mol. The van der Waals surface area contributed by atoms with Gasteiger partial charge in [-0.05, 0) is 25.3 Å². The number of nitrogens with one attached hydrogen (secondary N) is 1. The lowest BCUT2D eigenvalue weighted by molar-refractivity contribution is 0.460. The Morgan fingerprint density at radius 3 is 2.76 bits per heavy atom. The first-order valence-corrected chi connectivity index (χ1v) is 6.37. The topological polar surface area (TPSA) is 54.2 Å². The predicted octanol–water partition coefficient (Wildman–Crippen LogP) is 2.05. The molecule has 0 radical (unpaired) electrons. The fourth-order valence-corrected chi connectivity index (χ4v) is 1.39.